The third-order valence-electron chi connectivity index (χ3n) is 5.98. The molecule has 0 bridgehead atoms. The maximum absolute atomic E-state index is 14.7. The zero-order valence-corrected chi connectivity index (χ0v) is 18.1. The normalized spacial score (nSPS) is 23.0. The Morgan fingerprint density at radius 1 is 1.33 bits per heavy atom. The molecule has 166 valence electrons. The van der Waals surface area contributed by atoms with Gasteiger partial charge in [-0.05, 0) is 43.4 Å². The van der Waals surface area contributed by atoms with Crippen molar-refractivity contribution in [3.63, 3.8) is 0 Å². The largest absolute Gasteiger partial charge is 0.469 e. The lowest BCUT2D eigenvalue weighted by atomic mass is 9.99. The molecule has 1 aromatic rings. The topological polar surface area (TPSA) is 77.4 Å². The van der Waals surface area contributed by atoms with Crippen LogP contribution in [0.3, 0.4) is 0 Å². The fraction of sp³-hybridized carbons (Fsp3) is 0.636. The van der Waals surface area contributed by atoms with E-state index in [0.29, 0.717) is 51.3 Å². The summed E-state index contributed by atoms with van der Waals surface area (Å²) in [6.07, 6.45) is 1.05. The van der Waals surface area contributed by atoms with Crippen LogP contribution in [0.5, 0.6) is 0 Å². The van der Waals surface area contributed by atoms with Gasteiger partial charge in [0.15, 0.2) is 5.96 Å². The zero-order chi connectivity index (χ0) is 21.7. The number of methoxy groups -OCH3 is 1. The van der Waals surface area contributed by atoms with Gasteiger partial charge in [-0.1, -0.05) is 13.0 Å². The Morgan fingerprint density at radius 2 is 2.07 bits per heavy atom. The molecule has 3 rings (SSSR count). The number of ether oxygens (including phenoxy) is 1. The molecule has 0 saturated carbocycles. The monoisotopic (exact) mass is 420 g/mol. The molecule has 2 atom stereocenters. The standard InChI is InChI=1S/C22H33FN4O3/c1-4-24-22(27-13-15(2)18(14-27)21(29)30-3)25-12-16-5-6-20(19(23)11-16)26-9-7-17(28)8-10-26/h5-6,11,15,17-18,28H,4,7-10,12-14H2,1-3H3,(H,24,25). The molecule has 0 radical (unpaired) electrons. The van der Waals surface area contributed by atoms with Gasteiger partial charge in [0.1, 0.15) is 5.82 Å². The molecule has 1 aromatic carbocycles. The SMILES string of the molecule is CCNC(=NCc1ccc(N2CCC(O)CC2)c(F)c1)N1CC(C)C(C(=O)OC)C1. The number of benzene rings is 1. The third kappa shape index (κ3) is 5.22. The lowest BCUT2D eigenvalue weighted by Gasteiger charge is -2.31. The van der Waals surface area contributed by atoms with Gasteiger partial charge in [-0.2, -0.15) is 0 Å². The zero-order valence-electron chi connectivity index (χ0n) is 18.1. The van der Waals surface area contributed by atoms with Crippen LogP contribution in [0.2, 0.25) is 0 Å². The molecule has 2 saturated heterocycles. The van der Waals surface area contributed by atoms with Crippen molar-refractivity contribution in [3.8, 4) is 0 Å². The second kappa shape index (κ2) is 10.1. The highest BCUT2D eigenvalue weighted by Gasteiger charge is 2.36. The fourth-order valence-electron chi connectivity index (χ4n) is 4.20. The van der Waals surface area contributed by atoms with Crippen LogP contribution in [0.15, 0.2) is 23.2 Å². The van der Waals surface area contributed by atoms with E-state index in [0.717, 1.165) is 18.1 Å². The minimum atomic E-state index is -0.283. The van der Waals surface area contributed by atoms with E-state index in [9.17, 15) is 14.3 Å². The lowest BCUT2D eigenvalue weighted by molar-refractivity contribution is -0.145. The first-order chi connectivity index (χ1) is 14.4. The van der Waals surface area contributed by atoms with Gasteiger partial charge in [0.25, 0.3) is 0 Å². The summed E-state index contributed by atoms with van der Waals surface area (Å²) in [6.45, 7) is 7.71. The number of nitrogens with one attached hydrogen (secondary N) is 1. The average molecular weight is 421 g/mol. The summed E-state index contributed by atoms with van der Waals surface area (Å²) < 4.78 is 19.6. The number of piperidine rings is 1. The van der Waals surface area contributed by atoms with Crippen LogP contribution in [-0.2, 0) is 16.1 Å². The Balaban J connectivity index is 1.68. The summed E-state index contributed by atoms with van der Waals surface area (Å²) in [5.74, 6) is 0.290. The van der Waals surface area contributed by atoms with E-state index in [-0.39, 0.29) is 29.7 Å². The Hall–Kier alpha value is -2.35. The smallest absolute Gasteiger partial charge is 0.310 e. The van der Waals surface area contributed by atoms with Crippen molar-refractivity contribution in [1.82, 2.24) is 10.2 Å². The predicted octanol–water partition coefficient (Wildman–Crippen LogP) is 1.99. The minimum Gasteiger partial charge on any atom is -0.469 e. The first kappa shape index (κ1) is 22.3. The van der Waals surface area contributed by atoms with E-state index in [2.05, 4.69) is 15.2 Å². The van der Waals surface area contributed by atoms with Crippen LogP contribution >= 0.6 is 0 Å². The van der Waals surface area contributed by atoms with Crippen molar-refractivity contribution in [1.29, 1.82) is 0 Å². The summed E-state index contributed by atoms with van der Waals surface area (Å²) in [5.41, 5.74) is 1.37. The van der Waals surface area contributed by atoms with Gasteiger partial charge in [-0.15, -0.1) is 0 Å². The molecule has 0 amide bonds. The molecule has 8 heteroatoms. The van der Waals surface area contributed by atoms with E-state index < -0.39 is 0 Å². The highest BCUT2D eigenvalue weighted by atomic mass is 19.1. The molecule has 2 fully saturated rings. The summed E-state index contributed by atoms with van der Waals surface area (Å²) in [6, 6.07) is 5.24. The molecule has 2 heterocycles. The van der Waals surface area contributed by atoms with E-state index in [4.69, 9.17) is 4.74 Å². The van der Waals surface area contributed by atoms with E-state index in [1.54, 1.807) is 6.07 Å². The number of halogens is 1. The number of rotatable bonds is 5. The Bertz CT molecular complexity index is 765. The number of hydrogen-bond donors (Lipinski definition) is 2. The molecule has 7 nitrogen and oxygen atoms in total. The Labute approximate surface area is 177 Å². The first-order valence-electron chi connectivity index (χ1n) is 10.8. The van der Waals surface area contributed by atoms with Crippen molar-refractivity contribution >= 4 is 17.6 Å². The quantitative estimate of drug-likeness (QED) is 0.431. The second-order valence-corrected chi connectivity index (χ2v) is 8.19. The molecule has 2 aliphatic heterocycles. The molecular formula is C22H33FN4O3. The van der Waals surface area contributed by atoms with E-state index in [1.165, 1.54) is 13.2 Å². The van der Waals surface area contributed by atoms with Crippen LogP contribution in [0.1, 0.15) is 32.3 Å². The van der Waals surface area contributed by atoms with Crippen LogP contribution in [0.25, 0.3) is 0 Å². The summed E-state index contributed by atoms with van der Waals surface area (Å²) in [5, 5.41) is 12.9. The van der Waals surface area contributed by atoms with Crippen molar-refractivity contribution < 1.29 is 19.0 Å². The highest BCUT2D eigenvalue weighted by Crippen LogP contribution is 2.26. The molecule has 30 heavy (non-hydrogen) atoms. The molecule has 2 N–H and O–H groups in total. The first-order valence-corrected chi connectivity index (χ1v) is 10.8. The fourth-order valence-corrected chi connectivity index (χ4v) is 4.20. The van der Waals surface area contributed by atoms with Gasteiger partial charge in [-0.25, -0.2) is 9.38 Å². The average Bonchev–Trinajstić information content (AvgIpc) is 3.13. The maximum Gasteiger partial charge on any atom is 0.310 e. The van der Waals surface area contributed by atoms with Crippen molar-refractivity contribution in [2.75, 3.05) is 44.7 Å². The number of aliphatic hydroxyl groups excluding tert-OH is 1. The highest BCUT2D eigenvalue weighted by molar-refractivity contribution is 5.82. The number of guanidine groups is 1. The predicted molar refractivity (Wildman–Crippen MR) is 115 cm³/mol. The van der Waals surface area contributed by atoms with Gasteiger partial charge < -0.3 is 25.0 Å². The number of anilines is 1. The van der Waals surface area contributed by atoms with Crippen molar-refractivity contribution in [3.05, 3.63) is 29.6 Å². The van der Waals surface area contributed by atoms with Gasteiger partial charge >= 0.3 is 5.97 Å². The summed E-state index contributed by atoms with van der Waals surface area (Å²) in [7, 11) is 1.42. The number of aliphatic hydroxyl groups is 1. The van der Waals surface area contributed by atoms with Crippen LogP contribution < -0.4 is 10.2 Å². The number of likely N-dealkylation sites (tertiary alicyclic amines) is 1. The van der Waals surface area contributed by atoms with Crippen LogP contribution in [0.4, 0.5) is 10.1 Å². The molecule has 0 aromatic heterocycles. The van der Waals surface area contributed by atoms with Crippen LogP contribution in [0, 0.1) is 17.7 Å². The summed E-state index contributed by atoms with van der Waals surface area (Å²) in [4.78, 5) is 20.7. The van der Waals surface area contributed by atoms with Gasteiger partial charge in [0.2, 0.25) is 0 Å². The van der Waals surface area contributed by atoms with Crippen molar-refractivity contribution in [2.24, 2.45) is 16.8 Å². The van der Waals surface area contributed by atoms with Crippen LogP contribution in [-0.4, -0.2) is 67.9 Å². The second-order valence-electron chi connectivity index (χ2n) is 8.19. The minimum absolute atomic E-state index is 0.168. The lowest BCUT2D eigenvalue weighted by Crippen LogP contribution is -2.40. The number of hydrogen-bond acceptors (Lipinski definition) is 5. The Morgan fingerprint density at radius 3 is 2.70 bits per heavy atom. The van der Waals surface area contributed by atoms with E-state index >= 15 is 0 Å². The van der Waals surface area contributed by atoms with Gasteiger partial charge in [0.05, 0.1) is 31.4 Å². The van der Waals surface area contributed by atoms with Gasteiger partial charge in [0, 0.05) is 32.7 Å². The molecule has 2 aliphatic rings. The number of carbonyl (C=O) groups is 1. The molecular weight excluding hydrogens is 387 g/mol. The maximum atomic E-state index is 14.7. The number of esters is 1. The van der Waals surface area contributed by atoms with E-state index in [1.807, 2.05) is 24.8 Å². The molecule has 2 unspecified atom stereocenters. The molecule has 0 aliphatic carbocycles. The number of aliphatic imine (C=N–C) groups is 1. The summed E-state index contributed by atoms with van der Waals surface area (Å²) >= 11 is 0. The number of carbonyl (C=O) groups excluding carboxylic acids is 1. The number of nitrogens with zero attached hydrogens (tertiary/aromatic N) is 3. The third-order valence-corrected chi connectivity index (χ3v) is 5.98. The Kier molecular flexibility index (Phi) is 7.53. The molecule has 0 spiro atoms. The van der Waals surface area contributed by atoms with Crippen molar-refractivity contribution in [2.45, 2.75) is 39.3 Å². The van der Waals surface area contributed by atoms with Gasteiger partial charge in [-0.3, -0.25) is 4.79 Å².